The quantitative estimate of drug-likeness (QED) is 0.614. The normalized spacial score (nSPS) is 10.2. The van der Waals surface area contributed by atoms with Crippen molar-refractivity contribution in [3.63, 3.8) is 0 Å². The smallest absolute Gasteiger partial charge is 0.314 e. The number of hydrogen-bond acceptors (Lipinski definition) is 4. The van der Waals surface area contributed by atoms with E-state index in [0.29, 0.717) is 11.5 Å². The number of nitro benzene ring substituents is 1. The molecule has 0 unspecified atom stereocenters. The zero-order valence-electron chi connectivity index (χ0n) is 10.3. The SMILES string of the molecule is COc1ccccc1Oc1cc(Br)c(F)cc1[N+](=O)[O-]. The topological polar surface area (TPSA) is 61.6 Å². The highest BCUT2D eigenvalue weighted by Gasteiger charge is 2.20. The summed E-state index contributed by atoms with van der Waals surface area (Å²) in [5, 5.41) is 10.9. The van der Waals surface area contributed by atoms with Crippen LogP contribution >= 0.6 is 15.9 Å². The Morgan fingerprint density at radius 3 is 2.45 bits per heavy atom. The minimum Gasteiger partial charge on any atom is -0.493 e. The van der Waals surface area contributed by atoms with E-state index in [9.17, 15) is 14.5 Å². The van der Waals surface area contributed by atoms with Crippen molar-refractivity contribution in [1.82, 2.24) is 0 Å². The van der Waals surface area contributed by atoms with E-state index < -0.39 is 16.4 Å². The van der Waals surface area contributed by atoms with E-state index >= 15 is 0 Å². The van der Waals surface area contributed by atoms with Gasteiger partial charge in [0.1, 0.15) is 5.82 Å². The molecule has 0 aromatic heterocycles. The van der Waals surface area contributed by atoms with Crippen molar-refractivity contribution >= 4 is 21.6 Å². The Hall–Kier alpha value is -2.15. The minimum absolute atomic E-state index is 0.0761. The van der Waals surface area contributed by atoms with Gasteiger partial charge < -0.3 is 9.47 Å². The highest BCUT2D eigenvalue weighted by Crippen LogP contribution is 2.38. The molecule has 0 saturated carbocycles. The number of nitro groups is 1. The van der Waals surface area contributed by atoms with Crippen LogP contribution in [0.4, 0.5) is 10.1 Å². The number of methoxy groups -OCH3 is 1. The third kappa shape index (κ3) is 2.88. The average Bonchev–Trinajstić information content (AvgIpc) is 2.43. The van der Waals surface area contributed by atoms with Crippen LogP contribution in [0, 0.1) is 15.9 Å². The lowest BCUT2D eigenvalue weighted by atomic mass is 10.2. The molecule has 0 bridgehead atoms. The van der Waals surface area contributed by atoms with Crippen molar-refractivity contribution in [1.29, 1.82) is 0 Å². The molecule has 0 spiro atoms. The summed E-state index contributed by atoms with van der Waals surface area (Å²) in [6.45, 7) is 0. The molecule has 20 heavy (non-hydrogen) atoms. The second-order valence-corrected chi connectivity index (χ2v) is 4.60. The Kier molecular flexibility index (Phi) is 4.19. The third-order valence-electron chi connectivity index (χ3n) is 2.49. The van der Waals surface area contributed by atoms with Gasteiger partial charge in [0.15, 0.2) is 11.5 Å². The van der Waals surface area contributed by atoms with Gasteiger partial charge in [-0.3, -0.25) is 10.1 Å². The first-order chi connectivity index (χ1) is 9.52. The van der Waals surface area contributed by atoms with Crippen molar-refractivity contribution in [2.75, 3.05) is 7.11 Å². The number of rotatable bonds is 4. The van der Waals surface area contributed by atoms with Gasteiger partial charge in [-0.25, -0.2) is 4.39 Å². The predicted octanol–water partition coefficient (Wildman–Crippen LogP) is 4.30. The molecule has 7 heteroatoms. The first-order valence-electron chi connectivity index (χ1n) is 5.47. The van der Waals surface area contributed by atoms with Crippen LogP contribution in [0.25, 0.3) is 0 Å². The van der Waals surface area contributed by atoms with E-state index in [4.69, 9.17) is 9.47 Å². The summed E-state index contributed by atoms with van der Waals surface area (Å²) in [4.78, 5) is 10.2. The lowest BCUT2D eigenvalue weighted by Gasteiger charge is -2.10. The maximum atomic E-state index is 13.4. The fraction of sp³-hybridized carbons (Fsp3) is 0.0769. The van der Waals surface area contributed by atoms with Crippen molar-refractivity contribution in [2.24, 2.45) is 0 Å². The van der Waals surface area contributed by atoms with Crippen molar-refractivity contribution in [3.8, 4) is 17.2 Å². The van der Waals surface area contributed by atoms with Gasteiger partial charge in [-0.2, -0.15) is 0 Å². The van der Waals surface area contributed by atoms with Crippen LogP contribution in [0.1, 0.15) is 0 Å². The number of nitrogens with zero attached hydrogens (tertiary/aromatic N) is 1. The first kappa shape index (κ1) is 14.3. The summed E-state index contributed by atoms with van der Waals surface area (Å²) < 4.78 is 24.0. The Morgan fingerprint density at radius 1 is 1.20 bits per heavy atom. The lowest BCUT2D eigenvalue weighted by Crippen LogP contribution is -1.96. The molecule has 104 valence electrons. The van der Waals surface area contributed by atoms with Gasteiger partial charge in [-0.1, -0.05) is 12.1 Å². The van der Waals surface area contributed by atoms with Crippen LogP contribution in [0.3, 0.4) is 0 Å². The highest BCUT2D eigenvalue weighted by atomic mass is 79.9. The molecule has 0 aliphatic heterocycles. The van der Waals surface area contributed by atoms with Crippen molar-refractivity contribution < 1.29 is 18.8 Å². The third-order valence-corrected chi connectivity index (χ3v) is 3.10. The monoisotopic (exact) mass is 341 g/mol. The number of para-hydroxylation sites is 2. The molecule has 2 aromatic carbocycles. The van der Waals surface area contributed by atoms with Gasteiger partial charge in [-0.05, 0) is 28.1 Å². The molecule has 0 fully saturated rings. The molecule has 0 aliphatic rings. The molecule has 0 atom stereocenters. The average molecular weight is 342 g/mol. The summed E-state index contributed by atoms with van der Waals surface area (Å²) in [7, 11) is 1.46. The Bertz CT molecular complexity index is 663. The molecule has 0 amide bonds. The summed E-state index contributed by atoms with van der Waals surface area (Å²) >= 11 is 2.97. The minimum atomic E-state index is -0.732. The van der Waals surface area contributed by atoms with Gasteiger partial charge in [-0.15, -0.1) is 0 Å². The summed E-state index contributed by atoms with van der Waals surface area (Å²) in [5.41, 5.74) is -0.461. The van der Waals surface area contributed by atoms with Gasteiger partial charge in [0.05, 0.1) is 22.6 Å². The lowest BCUT2D eigenvalue weighted by molar-refractivity contribution is -0.385. The van der Waals surface area contributed by atoms with Crippen LogP contribution in [-0.4, -0.2) is 12.0 Å². The summed E-state index contributed by atoms with van der Waals surface area (Å²) in [6.07, 6.45) is 0. The zero-order valence-corrected chi connectivity index (χ0v) is 11.9. The second-order valence-electron chi connectivity index (χ2n) is 3.74. The van der Waals surface area contributed by atoms with E-state index in [0.717, 1.165) is 6.07 Å². The molecular weight excluding hydrogens is 333 g/mol. The summed E-state index contributed by atoms with van der Waals surface area (Å²) in [6, 6.07) is 8.69. The molecule has 5 nitrogen and oxygen atoms in total. The van der Waals surface area contributed by atoms with Crippen molar-refractivity contribution in [3.05, 3.63) is 56.8 Å². The zero-order chi connectivity index (χ0) is 14.7. The highest BCUT2D eigenvalue weighted by molar-refractivity contribution is 9.10. The van der Waals surface area contributed by atoms with Crippen LogP contribution in [0.2, 0.25) is 0 Å². The maximum Gasteiger partial charge on any atom is 0.314 e. The van der Waals surface area contributed by atoms with E-state index in [2.05, 4.69) is 15.9 Å². The van der Waals surface area contributed by atoms with Crippen LogP contribution in [-0.2, 0) is 0 Å². The van der Waals surface area contributed by atoms with E-state index in [-0.39, 0.29) is 10.2 Å². The Morgan fingerprint density at radius 2 is 1.85 bits per heavy atom. The van der Waals surface area contributed by atoms with Gasteiger partial charge in [0, 0.05) is 6.07 Å². The molecule has 0 N–H and O–H groups in total. The first-order valence-corrected chi connectivity index (χ1v) is 6.26. The largest absolute Gasteiger partial charge is 0.493 e. The second kappa shape index (κ2) is 5.87. The number of benzene rings is 2. The molecule has 0 radical (unpaired) electrons. The van der Waals surface area contributed by atoms with E-state index in [1.165, 1.54) is 13.2 Å². The number of ether oxygens (including phenoxy) is 2. The van der Waals surface area contributed by atoms with Gasteiger partial charge in [0.25, 0.3) is 0 Å². The predicted molar refractivity (Wildman–Crippen MR) is 73.8 cm³/mol. The standard InChI is InChI=1S/C13H9BrFNO4/c1-19-11-4-2-3-5-12(11)20-13-6-8(14)9(15)7-10(13)16(17)18/h2-7H,1H3. The Labute approximate surface area is 122 Å². The number of halogens is 2. The van der Waals surface area contributed by atoms with Crippen LogP contribution < -0.4 is 9.47 Å². The van der Waals surface area contributed by atoms with Gasteiger partial charge in [0.2, 0.25) is 5.75 Å². The molecule has 0 heterocycles. The molecule has 0 aliphatic carbocycles. The van der Waals surface area contributed by atoms with Gasteiger partial charge >= 0.3 is 5.69 Å². The Balaban J connectivity index is 2.47. The number of hydrogen-bond donors (Lipinski definition) is 0. The molecular formula is C13H9BrFNO4. The molecule has 2 rings (SSSR count). The fourth-order valence-corrected chi connectivity index (χ4v) is 1.89. The van der Waals surface area contributed by atoms with Crippen LogP contribution in [0.5, 0.6) is 17.2 Å². The fourth-order valence-electron chi connectivity index (χ4n) is 1.56. The van der Waals surface area contributed by atoms with Crippen molar-refractivity contribution in [2.45, 2.75) is 0 Å². The van der Waals surface area contributed by atoms with Crippen LogP contribution in [0.15, 0.2) is 40.9 Å². The van der Waals surface area contributed by atoms with E-state index in [1.807, 2.05) is 0 Å². The molecule has 0 saturated heterocycles. The summed E-state index contributed by atoms with van der Waals surface area (Å²) in [5.74, 6) is -0.0873. The van der Waals surface area contributed by atoms with E-state index in [1.54, 1.807) is 24.3 Å². The maximum absolute atomic E-state index is 13.4. The molecule has 2 aromatic rings.